The number of carbonyl (C=O) groups is 1. The third-order valence-corrected chi connectivity index (χ3v) is 4.18. The van der Waals surface area contributed by atoms with Gasteiger partial charge in [-0.25, -0.2) is 0 Å². The van der Waals surface area contributed by atoms with Crippen molar-refractivity contribution in [1.29, 1.82) is 0 Å². The van der Waals surface area contributed by atoms with Gasteiger partial charge in [-0.2, -0.15) is 12.6 Å². The first-order chi connectivity index (χ1) is 7.81. The van der Waals surface area contributed by atoms with Crippen LogP contribution in [0.25, 0.3) is 0 Å². The number of rotatable bonds is 2. The molecule has 2 fully saturated rings. The Kier molecular flexibility index (Phi) is 4.53. The molecule has 1 unspecified atom stereocenters. The molecule has 0 aliphatic carbocycles. The van der Waals surface area contributed by atoms with E-state index < -0.39 is 0 Å². The summed E-state index contributed by atoms with van der Waals surface area (Å²) in [5, 5.41) is 0. The molecule has 1 amide bonds. The number of hydrogen-bond acceptors (Lipinski definition) is 3. The fourth-order valence-corrected chi connectivity index (χ4v) is 2.92. The minimum atomic E-state index is 0.215. The van der Waals surface area contributed by atoms with E-state index in [4.69, 9.17) is 4.74 Å². The summed E-state index contributed by atoms with van der Waals surface area (Å²) in [6.07, 6.45) is 4.17. The van der Waals surface area contributed by atoms with Crippen molar-refractivity contribution in [2.45, 2.75) is 25.7 Å². The highest BCUT2D eigenvalue weighted by Gasteiger charge is 2.29. The zero-order valence-electron chi connectivity index (χ0n) is 9.73. The lowest BCUT2D eigenvalue weighted by atomic mass is 9.95. The Labute approximate surface area is 103 Å². The number of ether oxygens (including phenoxy) is 1. The van der Waals surface area contributed by atoms with Crippen molar-refractivity contribution in [3.05, 3.63) is 0 Å². The molecule has 0 aromatic carbocycles. The number of nitrogens with zero attached hydrogens (tertiary/aromatic N) is 1. The molecular formula is C12H21NO2S. The van der Waals surface area contributed by atoms with Crippen LogP contribution in [0.4, 0.5) is 0 Å². The van der Waals surface area contributed by atoms with Gasteiger partial charge >= 0.3 is 0 Å². The maximum atomic E-state index is 12.3. The molecule has 1 atom stereocenters. The second-order valence-electron chi connectivity index (χ2n) is 4.86. The molecule has 3 nitrogen and oxygen atoms in total. The lowest BCUT2D eigenvalue weighted by Crippen LogP contribution is -2.44. The van der Waals surface area contributed by atoms with Crippen LogP contribution in [0, 0.1) is 11.8 Å². The van der Waals surface area contributed by atoms with Crippen molar-refractivity contribution in [3.63, 3.8) is 0 Å². The number of likely N-dealkylation sites (tertiary alicyclic amines) is 1. The first-order valence-electron chi connectivity index (χ1n) is 6.28. The third-order valence-electron chi connectivity index (χ3n) is 3.66. The molecule has 2 rings (SSSR count). The topological polar surface area (TPSA) is 29.5 Å². The second kappa shape index (κ2) is 5.92. The fraction of sp³-hybridized carbons (Fsp3) is 0.917. The predicted octanol–water partition coefficient (Wildman–Crippen LogP) is 1.58. The Morgan fingerprint density at radius 3 is 2.75 bits per heavy atom. The highest BCUT2D eigenvalue weighted by Crippen LogP contribution is 2.23. The van der Waals surface area contributed by atoms with Gasteiger partial charge in [0.1, 0.15) is 0 Å². The quantitative estimate of drug-likeness (QED) is 0.746. The van der Waals surface area contributed by atoms with Crippen molar-refractivity contribution < 1.29 is 9.53 Å². The molecule has 2 aliphatic rings. The Morgan fingerprint density at radius 2 is 2.06 bits per heavy atom. The standard InChI is InChI=1S/C12H21NO2S/c14-12(11-3-6-15-7-4-11)13-5-1-2-10(8-13)9-16/h10-11,16H,1-9H2. The van der Waals surface area contributed by atoms with Crippen molar-refractivity contribution in [1.82, 2.24) is 4.90 Å². The van der Waals surface area contributed by atoms with Crippen LogP contribution in [0.5, 0.6) is 0 Å². The van der Waals surface area contributed by atoms with E-state index >= 15 is 0 Å². The Bertz CT molecular complexity index is 241. The van der Waals surface area contributed by atoms with Crippen molar-refractivity contribution in [3.8, 4) is 0 Å². The number of carbonyl (C=O) groups excluding carboxylic acids is 1. The van der Waals surface area contributed by atoms with Crippen LogP contribution < -0.4 is 0 Å². The molecule has 92 valence electrons. The molecule has 4 heteroatoms. The van der Waals surface area contributed by atoms with Crippen LogP contribution in [0.15, 0.2) is 0 Å². The monoisotopic (exact) mass is 243 g/mol. The first kappa shape index (κ1) is 12.2. The molecular weight excluding hydrogens is 222 g/mol. The molecule has 0 spiro atoms. The molecule has 0 radical (unpaired) electrons. The van der Waals surface area contributed by atoms with Crippen LogP contribution >= 0.6 is 12.6 Å². The van der Waals surface area contributed by atoms with Gasteiger partial charge in [-0.1, -0.05) is 0 Å². The van der Waals surface area contributed by atoms with Crippen LogP contribution in [0.1, 0.15) is 25.7 Å². The molecule has 0 N–H and O–H groups in total. The minimum absolute atomic E-state index is 0.215. The molecule has 16 heavy (non-hydrogen) atoms. The summed E-state index contributed by atoms with van der Waals surface area (Å²) in [7, 11) is 0. The van der Waals surface area contributed by atoms with Crippen LogP contribution in [0.2, 0.25) is 0 Å². The summed E-state index contributed by atoms with van der Waals surface area (Å²) >= 11 is 4.34. The zero-order valence-corrected chi connectivity index (χ0v) is 10.6. The van der Waals surface area contributed by atoms with E-state index in [1.54, 1.807) is 0 Å². The normalized spacial score (nSPS) is 28.1. The summed E-state index contributed by atoms with van der Waals surface area (Å²) in [6.45, 7) is 3.36. The van der Waals surface area contributed by atoms with E-state index in [2.05, 4.69) is 17.5 Å². The molecule has 2 saturated heterocycles. The van der Waals surface area contributed by atoms with Crippen molar-refractivity contribution in [2.75, 3.05) is 32.1 Å². The molecule has 2 heterocycles. The maximum Gasteiger partial charge on any atom is 0.225 e. The first-order valence-corrected chi connectivity index (χ1v) is 6.92. The lowest BCUT2D eigenvalue weighted by molar-refractivity contribution is -0.140. The highest BCUT2D eigenvalue weighted by atomic mass is 32.1. The van der Waals surface area contributed by atoms with Gasteiger partial charge in [0.25, 0.3) is 0 Å². The van der Waals surface area contributed by atoms with Gasteiger partial charge in [-0.05, 0) is 37.4 Å². The molecule has 0 saturated carbocycles. The number of amides is 1. The largest absolute Gasteiger partial charge is 0.381 e. The Balaban J connectivity index is 1.87. The van der Waals surface area contributed by atoms with Crippen molar-refractivity contribution >= 4 is 18.5 Å². The Hall–Kier alpha value is -0.220. The Morgan fingerprint density at radius 1 is 1.31 bits per heavy atom. The van der Waals surface area contributed by atoms with Crippen LogP contribution in [-0.4, -0.2) is 42.9 Å². The van der Waals surface area contributed by atoms with Gasteiger partial charge in [0.2, 0.25) is 5.91 Å². The summed E-state index contributed by atoms with van der Waals surface area (Å²) < 4.78 is 5.30. The minimum Gasteiger partial charge on any atom is -0.381 e. The van der Waals surface area contributed by atoms with E-state index in [1.165, 1.54) is 6.42 Å². The van der Waals surface area contributed by atoms with Crippen molar-refractivity contribution in [2.24, 2.45) is 11.8 Å². The van der Waals surface area contributed by atoms with E-state index in [1.807, 2.05) is 0 Å². The van der Waals surface area contributed by atoms with E-state index in [0.717, 1.165) is 51.3 Å². The fourth-order valence-electron chi connectivity index (χ4n) is 2.62. The lowest BCUT2D eigenvalue weighted by Gasteiger charge is -2.35. The molecule has 0 aromatic rings. The smallest absolute Gasteiger partial charge is 0.225 e. The SMILES string of the molecule is O=C(C1CCOCC1)N1CCCC(CS)C1. The van der Waals surface area contributed by atoms with E-state index in [9.17, 15) is 4.79 Å². The highest BCUT2D eigenvalue weighted by molar-refractivity contribution is 7.80. The third kappa shape index (κ3) is 2.92. The summed E-state index contributed by atoms with van der Waals surface area (Å²) in [5.74, 6) is 2.07. The zero-order chi connectivity index (χ0) is 11.4. The number of piperidine rings is 1. The number of hydrogen-bond donors (Lipinski definition) is 1. The van der Waals surface area contributed by atoms with Gasteiger partial charge in [0.05, 0.1) is 0 Å². The average Bonchev–Trinajstić information content (AvgIpc) is 2.39. The predicted molar refractivity (Wildman–Crippen MR) is 66.7 cm³/mol. The van der Waals surface area contributed by atoms with Gasteiger partial charge in [-0.3, -0.25) is 4.79 Å². The summed E-state index contributed by atoms with van der Waals surface area (Å²) in [6, 6.07) is 0. The number of thiol groups is 1. The van der Waals surface area contributed by atoms with E-state index in [-0.39, 0.29) is 5.92 Å². The molecule has 2 aliphatic heterocycles. The van der Waals surface area contributed by atoms with Gasteiger partial charge < -0.3 is 9.64 Å². The van der Waals surface area contributed by atoms with Crippen LogP contribution in [0.3, 0.4) is 0 Å². The second-order valence-corrected chi connectivity index (χ2v) is 5.23. The molecule has 0 aromatic heterocycles. The summed E-state index contributed by atoms with van der Waals surface area (Å²) in [4.78, 5) is 14.3. The van der Waals surface area contributed by atoms with Gasteiger partial charge in [0.15, 0.2) is 0 Å². The van der Waals surface area contributed by atoms with Gasteiger partial charge in [0, 0.05) is 32.2 Å². The maximum absolute atomic E-state index is 12.3. The van der Waals surface area contributed by atoms with Crippen LogP contribution in [-0.2, 0) is 9.53 Å². The van der Waals surface area contributed by atoms with Gasteiger partial charge in [-0.15, -0.1) is 0 Å². The van der Waals surface area contributed by atoms with E-state index in [0.29, 0.717) is 11.8 Å². The average molecular weight is 243 g/mol. The molecule has 0 bridgehead atoms. The summed E-state index contributed by atoms with van der Waals surface area (Å²) in [5.41, 5.74) is 0.